The molecule has 33 heavy (non-hydrogen) atoms. The van der Waals surface area contributed by atoms with Crippen LogP contribution in [0, 0.1) is 13.8 Å². The third-order valence-corrected chi connectivity index (χ3v) is 6.43. The number of sulfonamides is 1. The molecule has 2 amide bonds. The number of nitrogens with one attached hydrogen (secondary N) is 1. The largest absolute Gasteiger partial charge is 0.497 e. The van der Waals surface area contributed by atoms with Gasteiger partial charge in [0.1, 0.15) is 18.3 Å². The number of rotatable bonds is 10. The van der Waals surface area contributed by atoms with Gasteiger partial charge in [-0.05, 0) is 61.2 Å². The first-order valence-corrected chi connectivity index (χ1v) is 12.5. The van der Waals surface area contributed by atoms with Crippen molar-refractivity contribution in [3.63, 3.8) is 0 Å². The first-order valence-electron chi connectivity index (χ1n) is 10.7. The van der Waals surface area contributed by atoms with E-state index >= 15 is 0 Å². The number of carbonyl (C=O) groups is 2. The maximum Gasteiger partial charge on any atom is 0.244 e. The summed E-state index contributed by atoms with van der Waals surface area (Å²) < 4.78 is 31.6. The van der Waals surface area contributed by atoms with Crippen molar-refractivity contribution in [2.45, 2.75) is 39.8 Å². The van der Waals surface area contributed by atoms with Gasteiger partial charge in [-0.25, -0.2) is 8.42 Å². The number of hydrogen-bond donors (Lipinski definition) is 1. The average molecular weight is 476 g/mol. The fourth-order valence-corrected chi connectivity index (χ4v) is 4.60. The van der Waals surface area contributed by atoms with Crippen molar-refractivity contribution in [2.24, 2.45) is 0 Å². The van der Waals surface area contributed by atoms with E-state index in [2.05, 4.69) is 5.32 Å². The minimum Gasteiger partial charge on any atom is -0.497 e. The minimum absolute atomic E-state index is 0.131. The van der Waals surface area contributed by atoms with Crippen LogP contribution in [0.4, 0.5) is 5.69 Å². The second-order valence-corrected chi connectivity index (χ2v) is 9.93. The van der Waals surface area contributed by atoms with Crippen molar-refractivity contribution < 1.29 is 22.7 Å². The summed E-state index contributed by atoms with van der Waals surface area (Å²) in [5, 5.41) is 2.60. The molecule has 0 spiro atoms. The first kappa shape index (κ1) is 26.2. The molecule has 0 aliphatic carbocycles. The highest BCUT2D eigenvalue weighted by Crippen LogP contribution is 2.23. The number of methoxy groups -OCH3 is 1. The lowest BCUT2D eigenvalue weighted by Crippen LogP contribution is -2.51. The molecule has 0 bridgehead atoms. The van der Waals surface area contributed by atoms with Gasteiger partial charge in [0, 0.05) is 13.6 Å². The quantitative estimate of drug-likeness (QED) is 0.570. The zero-order valence-electron chi connectivity index (χ0n) is 20.1. The molecule has 0 saturated heterocycles. The zero-order valence-corrected chi connectivity index (χ0v) is 20.9. The Hall–Kier alpha value is -3.07. The Morgan fingerprint density at radius 1 is 1.09 bits per heavy atom. The molecule has 2 rings (SSSR count). The van der Waals surface area contributed by atoms with Crippen LogP contribution in [0.1, 0.15) is 30.0 Å². The SMILES string of the molecule is CC[C@H](C(=O)NC)N(Cc1cccc(OC)c1)C(=O)CN(c1cc(C)cc(C)c1)S(C)(=O)=O. The summed E-state index contributed by atoms with van der Waals surface area (Å²) in [5.74, 6) is -0.162. The van der Waals surface area contributed by atoms with E-state index in [4.69, 9.17) is 4.74 Å². The molecular formula is C24H33N3O5S. The van der Waals surface area contributed by atoms with Gasteiger partial charge in [0.05, 0.1) is 19.1 Å². The summed E-state index contributed by atoms with van der Waals surface area (Å²) in [6.45, 7) is 5.26. The zero-order chi connectivity index (χ0) is 24.8. The lowest BCUT2D eigenvalue weighted by molar-refractivity contribution is -0.140. The number of carbonyl (C=O) groups excluding carboxylic acids is 2. The molecule has 0 saturated carbocycles. The first-order chi connectivity index (χ1) is 15.5. The topological polar surface area (TPSA) is 96.0 Å². The molecule has 0 aromatic heterocycles. The van der Waals surface area contributed by atoms with Crippen LogP contribution in [0.2, 0.25) is 0 Å². The Bertz CT molecular complexity index is 1080. The Labute approximate surface area is 196 Å². The lowest BCUT2D eigenvalue weighted by atomic mass is 10.1. The van der Waals surface area contributed by atoms with Crippen molar-refractivity contribution >= 4 is 27.5 Å². The molecule has 180 valence electrons. The second kappa shape index (κ2) is 11.2. The number of amides is 2. The van der Waals surface area contributed by atoms with Gasteiger partial charge in [-0.1, -0.05) is 25.1 Å². The third-order valence-electron chi connectivity index (χ3n) is 5.29. The summed E-state index contributed by atoms with van der Waals surface area (Å²) in [5.41, 5.74) is 2.95. The van der Waals surface area contributed by atoms with Gasteiger partial charge in [-0.2, -0.15) is 0 Å². The van der Waals surface area contributed by atoms with Crippen molar-refractivity contribution in [3.8, 4) is 5.75 Å². The Balaban J connectivity index is 2.47. The maximum absolute atomic E-state index is 13.5. The van der Waals surface area contributed by atoms with Gasteiger partial charge in [0.15, 0.2) is 0 Å². The van der Waals surface area contributed by atoms with Crippen LogP contribution in [0.25, 0.3) is 0 Å². The summed E-state index contributed by atoms with van der Waals surface area (Å²) in [6, 6.07) is 11.8. The Morgan fingerprint density at radius 2 is 1.73 bits per heavy atom. The Kier molecular flexibility index (Phi) is 8.87. The van der Waals surface area contributed by atoms with Gasteiger partial charge in [-0.3, -0.25) is 13.9 Å². The fraction of sp³-hybridized carbons (Fsp3) is 0.417. The van der Waals surface area contributed by atoms with E-state index in [9.17, 15) is 18.0 Å². The summed E-state index contributed by atoms with van der Waals surface area (Å²) in [7, 11) is -0.694. The standard InChI is InChI=1S/C24H33N3O5S/c1-7-22(24(29)25-4)26(15-19-9-8-10-21(14-19)32-5)23(28)16-27(33(6,30)31)20-12-17(2)11-18(3)13-20/h8-14,22H,7,15-16H2,1-6H3,(H,25,29)/t22-/m1/s1. The van der Waals surface area contributed by atoms with E-state index in [1.807, 2.05) is 32.9 Å². The third kappa shape index (κ3) is 6.95. The van der Waals surface area contributed by atoms with E-state index in [-0.39, 0.29) is 12.5 Å². The van der Waals surface area contributed by atoms with Crippen LogP contribution in [0.15, 0.2) is 42.5 Å². The normalized spacial score (nSPS) is 12.1. The molecule has 1 atom stereocenters. The molecule has 8 nitrogen and oxygen atoms in total. The smallest absolute Gasteiger partial charge is 0.244 e. The summed E-state index contributed by atoms with van der Waals surface area (Å²) in [4.78, 5) is 27.5. The Morgan fingerprint density at radius 3 is 2.24 bits per heavy atom. The van der Waals surface area contributed by atoms with Crippen LogP contribution in [0.5, 0.6) is 5.75 Å². The van der Waals surface area contributed by atoms with Gasteiger partial charge < -0.3 is 15.0 Å². The predicted octanol–water partition coefficient (Wildman–Crippen LogP) is 2.63. The molecule has 2 aromatic carbocycles. The van der Waals surface area contributed by atoms with E-state index in [0.717, 1.165) is 27.3 Å². The number of hydrogen-bond acceptors (Lipinski definition) is 5. The van der Waals surface area contributed by atoms with Crippen LogP contribution in [-0.4, -0.2) is 58.1 Å². The molecule has 0 aliphatic rings. The lowest BCUT2D eigenvalue weighted by Gasteiger charge is -2.32. The summed E-state index contributed by atoms with van der Waals surface area (Å²) in [6.07, 6.45) is 1.44. The maximum atomic E-state index is 13.5. The van der Waals surface area contributed by atoms with Gasteiger partial charge in [0.25, 0.3) is 0 Å². The number of ether oxygens (including phenoxy) is 1. The molecular weight excluding hydrogens is 442 g/mol. The molecule has 0 aliphatic heterocycles. The molecule has 0 fully saturated rings. The molecule has 0 heterocycles. The second-order valence-electron chi connectivity index (χ2n) is 8.03. The van der Waals surface area contributed by atoms with Crippen LogP contribution >= 0.6 is 0 Å². The minimum atomic E-state index is -3.76. The highest BCUT2D eigenvalue weighted by molar-refractivity contribution is 7.92. The van der Waals surface area contributed by atoms with Gasteiger partial charge in [-0.15, -0.1) is 0 Å². The van der Waals surface area contributed by atoms with E-state index < -0.39 is 28.5 Å². The van der Waals surface area contributed by atoms with Gasteiger partial charge in [0.2, 0.25) is 21.8 Å². The number of likely N-dealkylation sites (N-methyl/N-ethyl adjacent to an activating group) is 1. The number of nitrogens with zero attached hydrogens (tertiary/aromatic N) is 2. The van der Waals surface area contributed by atoms with Crippen molar-refractivity contribution in [2.75, 3.05) is 31.3 Å². The van der Waals surface area contributed by atoms with Crippen LogP contribution in [0.3, 0.4) is 0 Å². The molecule has 9 heteroatoms. The van der Waals surface area contributed by atoms with Crippen LogP contribution in [-0.2, 0) is 26.2 Å². The van der Waals surface area contributed by atoms with E-state index in [0.29, 0.717) is 17.9 Å². The number of aryl methyl sites for hydroxylation is 2. The average Bonchev–Trinajstić information content (AvgIpc) is 2.75. The molecule has 0 unspecified atom stereocenters. The highest BCUT2D eigenvalue weighted by Gasteiger charge is 2.31. The molecule has 2 aromatic rings. The van der Waals surface area contributed by atoms with Crippen molar-refractivity contribution in [1.82, 2.24) is 10.2 Å². The van der Waals surface area contributed by atoms with Crippen molar-refractivity contribution in [3.05, 3.63) is 59.2 Å². The van der Waals surface area contributed by atoms with E-state index in [1.54, 1.807) is 37.4 Å². The highest BCUT2D eigenvalue weighted by atomic mass is 32.2. The molecule has 0 radical (unpaired) electrons. The number of anilines is 1. The van der Waals surface area contributed by atoms with E-state index in [1.165, 1.54) is 11.9 Å². The fourth-order valence-electron chi connectivity index (χ4n) is 3.76. The monoisotopic (exact) mass is 475 g/mol. The molecule has 1 N–H and O–H groups in total. The predicted molar refractivity (Wildman–Crippen MR) is 130 cm³/mol. The summed E-state index contributed by atoms with van der Waals surface area (Å²) >= 11 is 0. The number of benzene rings is 2. The van der Waals surface area contributed by atoms with Crippen molar-refractivity contribution in [1.29, 1.82) is 0 Å². The van der Waals surface area contributed by atoms with Crippen LogP contribution < -0.4 is 14.4 Å². The van der Waals surface area contributed by atoms with Gasteiger partial charge >= 0.3 is 0 Å².